The van der Waals surface area contributed by atoms with Gasteiger partial charge in [-0.3, -0.25) is 14.4 Å². The van der Waals surface area contributed by atoms with E-state index >= 15 is 0 Å². The number of ketones is 1. The number of hydrogen-bond donors (Lipinski definition) is 5. The Morgan fingerprint density at radius 3 is 1.14 bits per heavy atom. The lowest BCUT2D eigenvalue weighted by molar-refractivity contribution is -0.110. The molecule has 1 saturated heterocycles. The van der Waals surface area contributed by atoms with Gasteiger partial charge in [0.1, 0.15) is 23.9 Å². The normalized spacial score (nSPS) is 17.8. The van der Waals surface area contributed by atoms with Gasteiger partial charge in [0, 0.05) is 23.2 Å². The second-order valence-corrected chi connectivity index (χ2v) is 38.6. The van der Waals surface area contributed by atoms with Crippen LogP contribution in [-0.2, 0) is 28.5 Å². The number of allylic oxidation sites excluding steroid dienone is 2. The van der Waals surface area contributed by atoms with Crippen molar-refractivity contribution in [1.82, 2.24) is 10.6 Å². The van der Waals surface area contributed by atoms with Gasteiger partial charge in [0.2, 0.25) is 0 Å². The minimum atomic E-state index is -0.955. The second-order valence-electron chi connectivity index (χ2n) is 34.2. The number of fused-ring (bicyclic) bond motifs is 6. The van der Waals surface area contributed by atoms with Crippen molar-refractivity contribution in [3.05, 3.63) is 435 Å². The number of para-hydroxylation sites is 12. The Labute approximate surface area is 809 Å². The highest BCUT2D eigenvalue weighted by molar-refractivity contribution is 7.80. The maximum atomic E-state index is 14.2. The lowest BCUT2D eigenvalue weighted by Crippen LogP contribution is -2.55. The van der Waals surface area contributed by atoms with Gasteiger partial charge in [-0.15, -0.1) is 0 Å². The Morgan fingerprint density at radius 1 is 0.391 bits per heavy atom. The highest BCUT2D eigenvalue weighted by atomic mass is 31.1. The quantitative estimate of drug-likeness (QED) is 0.0247. The van der Waals surface area contributed by atoms with Crippen molar-refractivity contribution in [2.24, 2.45) is 0 Å². The smallest absolute Gasteiger partial charge is 0.453 e. The summed E-state index contributed by atoms with van der Waals surface area (Å²) in [6.07, 6.45) is 15.6. The topological polar surface area (TPSA) is 225 Å². The molecule has 0 aromatic heterocycles. The molecule has 7 aliphatic rings. The molecule has 3 unspecified atom stereocenters. The van der Waals surface area contributed by atoms with E-state index in [1.54, 1.807) is 39.0 Å². The number of aliphatic hydroxyl groups is 2. The van der Waals surface area contributed by atoms with Crippen molar-refractivity contribution < 1.29 is 67.3 Å². The molecule has 1 aliphatic carbocycles. The van der Waals surface area contributed by atoms with E-state index in [0.29, 0.717) is 44.2 Å². The fourth-order valence-corrected chi connectivity index (χ4v) is 21.7. The van der Waals surface area contributed by atoms with Crippen LogP contribution in [0.4, 0.5) is 38.9 Å². The van der Waals surface area contributed by atoms with Crippen molar-refractivity contribution in [3.8, 4) is 34.5 Å². The fourth-order valence-electron chi connectivity index (χ4n) is 16.8. The Kier molecular flexibility index (Phi) is 33.7. The summed E-state index contributed by atoms with van der Waals surface area (Å²) < 4.78 is 43.8. The summed E-state index contributed by atoms with van der Waals surface area (Å²) in [5, 5.41) is 37.3. The van der Waals surface area contributed by atoms with Crippen LogP contribution in [0.1, 0.15) is 78.3 Å². The number of nitrogens with zero attached hydrogens (tertiary/aromatic N) is 2. The van der Waals surface area contributed by atoms with E-state index < -0.39 is 39.8 Å². The van der Waals surface area contributed by atoms with Crippen LogP contribution in [0.15, 0.2) is 413 Å². The molecule has 19 nitrogen and oxygen atoms in total. The molecular formula is C117H111N5O14P2. The molecule has 2 fully saturated rings. The molecule has 1 saturated carbocycles. The summed E-state index contributed by atoms with van der Waals surface area (Å²) in [6.45, 7) is 8.25. The second kappa shape index (κ2) is 48.2. The first-order valence-corrected chi connectivity index (χ1v) is 49.2. The summed E-state index contributed by atoms with van der Waals surface area (Å²) >= 11 is 0. The SMILES string of the molecule is C1=C[C@@H](N2c3ccccc3Oc3ccccc32)COC1.CC(C)(C)OC(=O)OC1C=CCOC1.O=C(/C=C/c1ccccc1)/C=C/c1ccccc1.O=C(NC1CCCCC1NC(=O)c1ccccc1P(c1ccccc1)c1ccccc1)c1ccccc1P(c1ccccc1)c1ccccc1.O[C@H]1[C@@H](O)COC[C@@H]1N1c2ccccc2Oc2ccccc21.c1ccc2c(c1)Nc1ccccc1O2. The number of aliphatic hydroxyl groups excluding tert-OH is 2. The Balaban J connectivity index is 0.000000130. The highest BCUT2D eigenvalue weighted by Crippen LogP contribution is 2.50. The van der Waals surface area contributed by atoms with Crippen molar-refractivity contribution >= 4 is 118 Å². The molecule has 5 N–H and O–H groups in total. The van der Waals surface area contributed by atoms with Gasteiger partial charge in [-0.25, -0.2) is 4.79 Å². The number of benzene rings is 14. The molecule has 0 bridgehead atoms. The van der Waals surface area contributed by atoms with E-state index in [-0.39, 0.29) is 54.5 Å². The fraction of sp³-hybridized carbons (Fsp3) is 0.179. The molecule has 6 heterocycles. The molecule has 14 aromatic carbocycles. The third kappa shape index (κ3) is 25.7. The molecule has 21 rings (SSSR count). The maximum absolute atomic E-state index is 14.2. The molecule has 14 aromatic rings. The van der Waals surface area contributed by atoms with E-state index in [1.807, 2.05) is 278 Å². The van der Waals surface area contributed by atoms with Gasteiger partial charge in [0.15, 0.2) is 40.3 Å². The molecule has 6 aliphatic heterocycles. The number of anilines is 6. The van der Waals surface area contributed by atoms with Crippen molar-refractivity contribution in [3.63, 3.8) is 0 Å². The van der Waals surface area contributed by atoms with Crippen LogP contribution < -0.4 is 71.8 Å². The van der Waals surface area contributed by atoms with Crippen molar-refractivity contribution in [2.45, 2.75) is 94.5 Å². The van der Waals surface area contributed by atoms with E-state index in [2.05, 4.69) is 154 Å². The van der Waals surface area contributed by atoms with Crippen LogP contribution in [0.3, 0.4) is 0 Å². The summed E-state index contributed by atoms with van der Waals surface area (Å²) in [7, 11) is -1.91. The van der Waals surface area contributed by atoms with Gasteiger partial charge in [-0.1, -0.05) is 334 Å². The third-order valence-corrected chi connectivity index (χ3v) is 28.3. The molecule has 7 atom stereocenters. The monoisotopic (exact) mass is 1870 g/mol. The summed E-state index contributed by atoms with van der Waals surface area (Å²) in [5.41, 5.74) is 8.85. The largest absolute Gasteiger partial charge is 0.509 e. The lowest BCUT2D eigenvalue weighted by Gasteiger charge is -2.43. The highest BCUT2D eigenvalue weighted by Gasteiger charge is 2.41. The predicted molar refractivity (Wildman–Crippen MR) is 555 cm³/mol. The van der Waals surface area contributed by atoms with Gasteiger partial charge in [-0.2, -0.15) is 0 Å². The first-order valence-electron chi connectivity index (χ1n) is 46.5. The number of amides is 2. The van der Waals surface area contributed by atoms with Crippen molar-refractivity contribution in [1.29, 1.82) is 0 Å². The Hall–Kier alpha value is -14.6. The summed E-state index contributed by atoms with van der Waals surface area (Å²) in [6, 6.07) is 124. The molecular weight excluding hydrogens is 1760 g/mol. The Bertz CT molecular complexity index is 6030. The zero-order valence-corrected chi connectivity index (χ0v) is 78.9. The molecule has 2 amide bonds. The molecule has 698 valence electrons. The Morgan fingerprint density at radius 2 is 0.746 bits per heavy atom. The van der Waals surface area contributed by atoms with E-state index in [4.69, 9.17) is 37.9 Å². The number of carbonyl (C=O) groups excluding carboxylic acids is 4. The first-order chi connectivity index (χ1) is 67.6. The molecule has 21 heteroatoms. The van der Waals surface area contributed by atoms with Crippen LogP contribution in [0.2, 0.25) is 0 Å². The van der Waals surface area contributed by atoms with Crippen molar-refractivity contribution in [2.75, 3.05) is 54.8 Å². The minimum Gasteiger partial charge on any atom is -0.453 e. The van der Waals surface area contributed by atoms with Gasteiger partial charge in [-0.05, 0) is 196 Å². The number of carbonyl (C=O) groups is 4. The standard InChI is InChI=1S/C44H40N2O2P2.C17H17NO4.C17H15NO2.C17H14O.C12H9NO.C10H16O4/c47-43(37-27-13-17-31-41(37)49(33-19-5-1-6-20-33)34-21-7-2-8-22-34)45-39-29-15-16-30-40(39)46-44(48)38-28-14-18-32-42(38)50(35-23-9-3-10-24-35)36-25-11-4-12-26-36;19-14-10-21-9-13(17(14)20)18-11-5-1-3-7-15(11)22-16-8-4-2-6-12(16)18;1-3-9-16-14(7-1)18(13-6-5-11-19-12-13)15-8-2-4-10-17(15)20-16;18-17(13-11-15-7-3-1-4-8-15)14-12-16-9-5-2-6-10-16;1-3-7-11-9(5-1)13-10-6-2-4-8-12(10)14-11;1-10(2,3)14-9(11)13-8-5-4-6-12-7-8/h1-14,17-28,31-32,39-40H,15-16,29-30H2,(H,45,47)(H,46,48);1-8,13-14,17,19-20H,9-10H2;1-10,13H,11-12H2;1-14H;1-8,13H;4-5,8H,6-7H2,1-3H3/b;;;13-11+,14-12+;;/t;13-,14-,17+;13-;;;/m.01.../s1. The van der Waals surface area contributed by atoms with E-state index in [0.717, 1.165) is 116 Å². The number of rotatable bonds is 17. The molecule has 0 spiro atoms. The van der Waals surface area contributed by atoms with Crippen LogP contribution in [0, 0.1) is 0 Å². The molecule has 0 radical (unpaired) electrons. The lowest BCUT2D eigenvalue weighted by atomic mass is 9.89. The number of hydrogen-bond acceptors (Lipinski definition) is 17. The average Bonchev–Trinajstić information content (AvgIpc) is 0.753. The van der Waals surface area contributed by atoms with Gasteiger partial charge in [0.05, 0.1) is 85.8 Å². The van der Waals surface area contributed by atoms with E-state index in [1.165, 1.54) is 21.2 Å². The average molecular weight is 1870 g/mol. The number of ether oxygens (including phenoxy) is 8. The summed E-state index contributed by atoms with van der Waals surface area (Å²) in [5.74, 6) is 4.81. The molecule has 138 heavy (non-hydrogen) atoms. The zero-order valence-electron chi connectivity index (χ0n) is 77.1. The zero-order chi connectivity index (χ0) is 95.2. The van der Waals surface area contributed by atoms with Gasteiger partial charge in [0.25, 0.3) is 11.8 Å². The van der Waals surface area contributed by atoms with Crippen LogP contribution >= 0.6 is 15.8 Å². The maximum Gasteiger partial charge on any atom is 0.509 e. The third-order valence-electron chi connectivity index (χ3n) is 23.3. The number of nitrogens with one attached hydrogen (secondary N) is 3. The predicted octanol–water partition coefficient (Wildman–Crippen LogP) is 22.0. The van der Waals surface area contributed by atoms with E-state index in [9.17, 15) is 29.4 Å². The van der Waals surface area contributed by atoms with Crippen LogP contribution in [0.25, 0.3) is 12.2 Å². The summed E-state index contributed by atoms with van der Waals surface area (Å²) in [4.78, 5) is 55.6. The van der Waals surface area contributed by atoms with Gasteiger partial charge < -0.3 is 73.9 Å². The van der Waals surface area contributed by atoms with Gasteiger partial charge >= 0.3 is 6.16 Å². The van der Waals surface area contributed by atoms with Crippen LogP contribution in [0.5, 0.6) is 34.5 Å². The minimum absolute atomic E-state index is 0.0114. The first kappa shape index (κ1) is 96.5. The van der Waals surface area contributed by atoms with Crippen LogP contribution in [-0.4, -0.2) is 122 Å².